The first-order chi connectivity index (χ1) is 11.1. The zero-order valence-electron chi connectivity index (χ0n) is 12.3. The summed E-state index contributed by atoms with van der Waals surface area (Å²) in [5.74, 6) is -0.724. The summed E-state index contributed by atoms with van der Waals surface area (Å²) >= 11 is 0. The normalized spacial score (nSPS) is 13.3. The smallest absolute Gasteiger partial charge is 0.335 e. The van der Waals surface area contributed by atoms with E-state index in [-0.39, 0.29) is 11.4 Å². The van der Waals surface area contributed by atoms with Gasteiger partial charge >= 0.3 is 5.97 Å². The van der Waals surface area contributed by atoms with Crippen molar-refractivity contribution in [1.29, 1.82) is 0 Å². The van der Waals surface area contributed by atoms with Gasteiger partial charge in [-0.15, -0.1) is 0 Å². The molecule has 1 aliphatic rings. The van der Waals surface area contributed by atoms with Gasteiger partial charge in [0.2, 0.25) is 0 Å². The molecule has 0 bridgehead atoms. The van der Waals surface area contributed by atoms with Crippen LogP contribution in [0.5, 0.6) is 0 Å². The maximum atomic E-state index is 14.1. The van der Waals surface area contributed by atoms with E-state index < -0.39 is 5.97 Å². The van der Waals surface area contributed by atoms with Gasteiger partial charge in [-0.2, -0.15) is 0 Å². The van der Waals surface area contributed by atoms with E-state index in [2.05, 4.69) is 15.6 Å². The molecule has 3 rings (SSSR count). The summed E-state index contributed by atoms with van der Waals surface area (Å²) in [6.45, 7) is 1.81. The van der Waals surface area contributed by atoms with Crippen molar-refractivity contribution in [2.45, 2.75) is 6.54 Å². The van der Waals surface area contributed by atoms with Crippen LogP contribution in [0.25, 0.3) is 0 Å². The first-order valence-electron chi connectivity index (χ1n) is 7.28. The van der Waals surface area contributed by atoms with E-state index in [0.717, 1.165) is 5.56 Å². The summed E-state index contributed by atoms with van der Waals surface area (Å²) < 4.78 is 14.1. The van der Waals surface area contributed by atoms with Crippen molar-refractivity contribution in [3.05, 3.63) is 65.0 Å². The Morgan fingerprint density at radius 1 is 1.26 bits per heavy atom. The SMILES string of the molecule is O=C(O)c1ccc(CNc2cccc(F)c2C2=NCCN2)cc1. The molecule has 5 nitrogen and oxygen atoms in total. The summed E-state index contributed by atoms with van der Waals surface area (Å²) in [5, 5.41) is 15.2. The highest BCUT2D eigenvalue weighted by Gasteiger charge is 2.17. The molecule has 0 spiro atoms. The fraction of sp³-hybridized carbons (Fsp3) is 0.176. The number of nitrogens with zero attached hydrogens (tertiary/aromatic N) is 1. The van der Waals surface area contributed by atoms with Crippen LogP contribution >= 0.6 is 0 Å². The number of halogens is 1. The number of rotatable bonds is 5. The number of hydrogen-bond acceptors (Lipinski definition) is 4. The molecule has 0 aromatic heterocycles. The lowest BCUT2D eigenvalue weighted by atomic mass is 10.1. The highest BCUT2D eigenvalue weighted by Crippen LogP contribution is 2.21. The first kappa shape index (κ1) is 15.0. The molecule has 6 heteroatoms. The molecule has 2 aromatic rings. The summed E-state index contributed by atoms with van der Waals surface area (Å²) in [5.41, 5.74) is 2.24. The van der Waals surface area contributed by atoms with E-state index in [9.17, 15) is 9.18 Å². The van der Waals surface area contributed by atoms with E-state index in [1.54, 1.807) is 36.4 Å². The Morgan fingerprint density at radius 3 is 2.70 bits per heavy atom. The van der Waals surface area contributed by atoms with Gasteiger partial charge in [0.15, 0.2) is 0 Å². The van der Waals surface area contributed by atoms with Crippen molar-refractivity contribution >= 4 is 17.5 Å². The maximum Gasteiger partial charge on any atom is 0.335 e. The highest BCUT2D eigenvalue weighted by molar-refractivity contribution is 6.04. The molecule has 0 saturated carbocycles. The monoisotopic (exact) mass is 313 g/mol. The van der Waals surface area contributed by atoms with Crippen LogP contribution in [0.15, 0.2) is 47.5 Å². The Balaban J connectivity index is 1.78. The number of benzene rings is 2. The quantitative estimate of drug-likeness (QED) is 0.793. The van der Waals surface area contributed by atoms with Gasteiger partial charge in [-0.25, -0.2) is 9.18 Å². The number of hydrogen-bond donors (Lipinski definition) is 3. The van der Waals surface area contributed by atoms with Gasteiger partial charge in [-0.05, 0) is 29.8 Å². The molecule has 0 saturated heterocycles. The van der Waals surface area contributed by atoms with Gasteiger partial charge in [-0.1, -0.05) is 18.2 Å². The summed E-state index contributed by atoms with van der Waals surface area (Å²) in [4.78, 5) is 15.1. The second-order valence-electron chi connectivity index (χ2n) is 5.18. The Bertz CT molecular complexity index is 757. The molecule has 0 unspecified atom stereocenters. The van der Waals surface area contributed by atoms with Gasteiger partial charge in [-0.3, -0.25) is 4.99 Å². The zero-order chi connectivity index (χ0) is 16.2. The van der Waals surface area contributed by atoms with Gasteiger partial charge in [0, 0.05) is 18.8 Å². The standard InChI is InChI=1S/C17H16FN3O2/c18-13-2-1-3-14(15(13)16-19-8-9-20-16)21-10-11-4-6-12(7-5-11)17(22)23/h1-7,21H,8-10H2,(H,19,20)(H,22,23). The lowest BCUT2D eigenvalue weighted by Gasteiger charge is -2.13. The van der Waals surface area contributed by atoms with Crippen molar-refractivity contribution < 1.29 is 14.3 Å². The van der Waals surface area contributed by atoms with Crippen LogP contribution < -0.4 is 10.6 Å². The first-order valence-corrected chi connectivity index (χ1v) is 7.28. The number of anilines is 1. The van der Waals surface area contributed by atoms with Crippen LogP contribution in [0.1, 0.15) is 21.5 Å². The van der Waals surface area contributed by atoms with Gasteiger partial charge in [0.25, 0.3) is 0 Å². The van der Waals surface area contributed by atoms with E-state index in [4.69, 9.17) is 5.11 Å². The Labute approximate surface area is 132 Å². The maximum absolute atomic E-state index is 14.1. The molecular formula is C17H16FN3O2. The van der Waals surface area contributed by atoms with E-state index in [1.165, 1.54) is 6.07 Å². The molecule has 2 aromatic carbocycles. The van der Waals surface area contributed by atoms with Crippen LogP contribution in [0, 0.1) is 5.82 Å². The number of carboxylic acids is 1. The average Bonchev–Trinajstić information content (AvgIpc) is 3.07. The predicted molar refractivity (Wildman–Crippen MR) is 86.5 cm³/mol. The Hall–Kier alpha value is -2.89. The van der Waals surface area contributed by atoms with Crippen LogP contribution in [0.2, 0.25) is 0 Å². The zero-order valence-corrected chi connectivity index (χ0v) is 12.3. The molecule has 0 radical (unpaired) electrons. The second kappa shape index (κ2) is 6.48. The van der Waals surface area contributed by atoms with Crippen molar-refractivity contribution in [3.8, 4) is 0 Å². The molecule has 3 N–H and O–H groups in total. The van der Waals surface area contributed by atoms with Gasteiger partial charge < -0.3 is 15.7 Å². The Kier molecular flexibility index (Phi) is 4.23. The Morgan fingerprint density at radius 2 is 2.04 bits per heavy atom. The molecule has 0 amide bonds. The summed E-state index contributed by atoms with van der Waals surface area (Å²) in [7, 11) is 0. The third-order valence-electron chi connectivity index (χ3n) is 3.61. The number of carboxylic acid groups (broad SMARTS) is 1. The number of aromatic carboxylic acids is 1. The fourth-order valence-corrected chi connectivity index (χ4v) is 2.44. The molecular weight excluding hydrogens is 297 g/mol. The summed E-state index contributed by atoms with van der Waals surface area (Å²) in [6.07, 6.45) is 0. The average molecular weight is 313 g/mol. The third-order valence-corrected chi connectivity index (χ3v) is 3.61. The van der Waals surface area contributed by atoms with Crippen LogP contribution in [-0.4, -0.2) is 30.0 Å². The number of nitrogens with one attached hydrogen (secondary N) is 2. The lowest BCUT2D eigenvalue weighted by molar-refractivity contribution is 0.0697. The minimum Gasteiger partial charge on any atom is -0.478 e. The minimum atomic E-state index is -0.956. The minimum absolute atomic E-state index is 0.240. The molecule has 118 valence electrons. The molecule has 0 aliphatic carbocycles. The van der Waals surface area contributed by atoms with Crippen LogP contribution in [0.4, 0.5) is 10.1 Å². The largest absolute Gasteiger partial charge is 0.478 e. The van der Waals surface area contributed by atoms with Crippen LogP contribution in [-0.2, 0) is 6.54 Å². The van der Waals surface area contributed by atoms with Crippen molar-refractivity contribution in [2.75, 3.05) is 18.4 Å². The molecule has 1 aliphatic heterocycles. The van der Waals surface area contributed by atoms with Gasteiger partial charge in [0.1, 0.15) is 11.7 Å². The van der Waals surface area contributed by atoms with Crippen molar-refractivity contribution in [1.82, 2.24) is 5.32 Å². The van der Waals surface area contributed by atoms with Crippen molar-refractivity contribution in [3.63, 3.8) is 0 Å². The molecule has 0 fully saturated rings. The predicted octanol–water partition coefficient (Wildman–Crippen LogP) is 2.49. The van der Waals surface area contributed by atoms with Gasteiger partial charge in [0.05, 0.1) is 17.7 Å². The molecule has 0 atom stereocenters. The molecule has 1 heterocycles. The number of amidine groups is 1. The second-order valence-corrected chi connectivity index (χ2v) is 5.18. The van der Waals surface area contributed by atoms with E-state index in [1.807, 2.05) is 0 Å². The highest BCUT2D eigenvalue weighted by atomic mass is 19.1. The van der Waals surface area contributed by atoms with E-state index in [0.29, 0.717) is 36.7 Å². The van der Waals surface area contributed by atoms with Crippen LogP contribution in [0.3, 0.4) is 0 Å². The topological polar surface area (TPSA) is 73.7 Å². The lowest BCUT2D eigenvalue weighted by Crippen LogP contribution is -2.22. The fourth-order valence-electron chi connectivity index (χ4n) is 2.44. The summed E-state index contributed by atoms with van der Waals surface area (Å²) in [6, 6.07) is 11.4. The third kappa shape index (κ3) is 3.31. The molecule has 23 heavy (non-hydrogen) atoms. The van der Waals surface area contributed by atoms with Crippen molar-refractivity contribution in [2.24, 2.45) is 4.99 Å². The van der Waals surface area contributed by atoms with E-state index >= 15 is 0 Å². The number of carbonyl (C=O) groups is 1. The number of aliphatic imine (C=N–C) groups is 1.